The lowest BCUT2D eigenvalue weighted by atomic mass is 10.3. The maximum Gasteiger partial charge on any atom is 0.145 e. The minimum atomic E-state index is 0.769. The molecule has 0 aromatic heterocycles. The molecule has 1 heterocycles. The van der Waals surface area contributed by atoms with Gasteiger partial charge in [-0.2, -0.15) is 0 Å². The maximum atomic E-state index is 10.2. The molecule has 2 heteroatoms. The Morgan fingerprint density at radius 1 is 1.33 bits per heavy atom. The topological polar surface area (TPSA) is 20.3 Å². The van der Waals surface area contributed by atoms with Crippen molar-refractivity contribution >= 4 is 6.29 Å². The van der Waals surface area contributed by atoms with Gasteiger partial charge in [-0.3, -0.25) is 4.79 Å². The van der Waals surface area contributed by atoms with Crippen LogP contribution < -0.4 is 0 Å². The normalized spacial score (nSPS) is 19.1. The third-order valence-corrected chi connectivity index (χ3v) is 1.98. The molecule has 0 bridgehead atoms. The summed E-state index contributed by atoms with van der Waals surface area (Å²) >= 11 is 0. The van der Waals surface area contributed by atoms with Crippen LogP contribution in [0.25, 0.3) is 0 Å². The summed E-state index contributed by atoms with van der Waals surface area (Å²) in [6, 6.07) is 0. The first-order chi connectivity index (χ1) is 5.83. The fourth-order valence-corrected chi connectivity index (χ4v) is 1.25. The lowest BCUT2D eigenvalue weighted by molar-refractivity contribution is -0.104. The van der Waals surface area contributed by atoms with Gasteiger partial charge in [0.2, 0.25) is 0 Å². The second-order valence-electron chi connectivity index (χ2n) is 3.11. The highest BCUT2D eigenvalue weighted by molar-refractivity contribution is 5.72. The van der Waals surface area contributed by atoms with Gasteiger partial charge in [-0.15, -0.1) is 0 Å². The molecule has 0 radical (unpaired) electrons. The van der Waals surface area contributed by atoms with Crippen molar-refractivity contribution in [2.24, 2.45) is 0 Å². The van der Waals surface area contributed by atoms with E-state index in [-0.39, 0.29) is 0 Å². The summed E-state index contributed by atoms with van der Waals surface area (Å²) in [6.45, 7) is 4.12. The number of allylic oxidation sites excluding steroid dienone is 3. The lowest BCUT2D eigenvalue weighted by Crippen LogP contribution is -2.09. The molecule has 1 fully saturated rings. The van der Waals surface area contributed by atoms with Crippen molar-refractivity contribution in [3.05, 3.63) is 23.9 Å². The van der Waals surface area contributed by atoms with Crippen molar-refractivity contribution in [3.8, 4) is 0 Å². The SMILES string of the molecule is C/C(C=O)=C\C=C\N1CCCC1. The number of hydrogen-bond acceptors (Lipinski definition) is 2. The van der Waals surface area contributed by atoms with Gasteiger partial charge in [-0.1, -0.05) is 6.08 Å². The fraction of sp³-hybridized carbons (Fsp3) is 0.500. The van der Waals surface area contributed by atoms with Crippen molar-refractivity contribution < 1.29 is 4.79 Å². The van der Waals surface area contributed by atoms with Crippen LogP contribution in [-0.4, -0.2) is 24.3 Å². The molecule has 0 aliphatic carbocycles. The number of nitrogens with zero attached hydrogens (tertiary/aromatic N) is 1. The second kappa shape index (κ2) is 4.75. The van der Waals surface area contributed by atoms with E-state index in [1.165, 1.54) is 12.8 Å². The summed E-state index contributed by atoms with van der Waals surface area (Å²) in [5.41, 5.74) is 0.769. The Labute approximate surface area is 73.6 Å². The Bertz CT molecular complexity index is 200. The van der Waals surface area contributed by atoms with Crippen molar-refractivity contribution in [2.45, 2.75) is 19.8 Å². The zero-order chi connectivity index (χ0) is 8.81. The standard InChI is InChI=1S/C10H15NO/c1-10(9-12)5-4-8-11-6-2-3-7-11/h4-5,8-9H,2-3,6-7H2,1H3/b8-4+,10-5+. The molecule has 1 aliphatic heterocycles. The third kappa shape index (κ3) is 2.91. The number of aldehydes is 1. The molecule has 2 nitrogen and oxygen atoms in total. The number of carbonyl (C=O) groups excluding carboxylic acids is 1. The van der Waals surface area contributed by atoms with E-state index in [4.69, 9.17) is 0 Å². The Morgan fingerprint density at radius 3 is 2.58 bits per heavy atom. The fourth-order valence-electron chi connectivity index (χ4n) is 1.25. The van der Waals surface area contributed by atoms with Crippen LogP contribution in [0.3, 0.4) is 0 Å². The first kappa shape index (κ1) is 9.04. The summed E-state index contributed by atoms with van der Waals surface area (Å²) in [6.07, 6.45) is 9.29. The Morgan fingerprint density at radius 2 is 2.00 bits per heavy atom. The quantitative estimate of drug-likeness (QED) is 0.360. The van der Waals surface area contributed by atoms with Crippen molar-refractivity contribution in [3.63, 3.8) is 0 Å². The summed E-state index contributed by atoms with van der Waals surface area (Å²) in [5, 5.41) is 0. The summed E-state index contributed by atoms with van der Waals surface area (Å²) < 4.78 is 0. The molecule has 0 aromatic rings. The summed E-state index contributed by atoms with van der Waals surface area (Å²) in [5.74, 6) is 0. The summed E-state index contributed by atoms with van der Waals surface area (Å²) in [7, 11) is 0. The predicted octanol–water partition coefficient (Wildman–Crippen LogP) is 1.74. The van der Waals surface area contributed by atoms with Gasteiger partial charge < -0.3 is 4.90 Å². The Balaban J connectivity index is 2.33. The highest BCUT2D eigenvalue weighted by atomic mass is 16.1. The summed E-state index contributed by atoms with van der Waals surface area (Å²) in [4.78, 5) is 12.5. The largest absolute Gasteiger partial charge is 0.377 e. The zero-order valence-corrected chi connectivity index (χ0v) is 7.49. The lowest BCUT2D eigenvalue weighted by Gasteiger charge is -2.08. The van der Waals surface area contributed by atoms with E-state index in [0.29, 0.717) is 0 Å². The van der Waals surface area contributed by atoms with Crippen LogP contribution in [0.5, 0.6) is 0 Å². The van der Waals surface area contributed by atoms with Gasteiger partial charge >= 0.3 is 0 Å². The number of likely N-dealkylation sites (tertiary alicyclic amines) is 1. The molecule has 0 spiro atoms. The molecule has 0 atom stereocenters. The zero-order valence-electron chi connectivity index (χ0n) is 7.49. The molecule has 0 amide bonds. The molecule has 12 heavy (non-hydrogen) atoms. The van der Waals surface area contributed by atoms with Crippen molar-refractivity contribution in [1.29, 1.82) is 0 Å². The van der Waals surface area contributed by atoms with E-state index in [1.54, 1.807) is 6.92 Å². The van der Waals surface area contributed by atoms with Gasteiger partial charge in [0, 0.05) is 13.1 Å². The van der Waals surface area contributed by atoms with E-state index in [0.717, 1.165) is 24.9 Å². The monoisotopic (exact) mass is 165 g/mol. The van der Waals surface area contributed by atoms with Gasteiger partial charge in [-0.05, 0) is 37.6 Å². The molecule has 1 rings (SSSR count). The van der Waals surface area contributed by atoms with Crippen LogP contribution in [0.1, 0.15) is 19.8 Å². The van der Waals surface area contributed by atoms with Gasteiger partial charge in [0.25, 0.3) is 0 Å². The van der Waals surface area contributed by atoms with Gasteiger partial charge in [0.05, 0.1) is 0 Å². The van der Waals surface area contributed by atoms with Crippen LogP contribution in [0.15, 0.2) is 23.9 Å². The van der Waals surface area contributed by atoms with Gasteiger partial charge in [0.1, 0.15) is 6.29 Å². The second-order valence-corrected chi connectivity index (χ2v) is 3.11. The minimum absolute atomic E-state index is 0.769. The first-order valence-electron chi connectivity index (χ1n) is 4.37. The number of carbonyl (C=O) groups is 1. The van der Waals surface area contributed by atoms with E-state index < -0.39 is 0 Å². The molecule has 0 unspecified atom stereocenters. The van der Waals surface area contributed by atoms with Crippen LogP contribution in [-0.2, 0) is 4.79 Å². The van der Waals surface area contributed by atoms with E-state index >= 15 is 0 Å². The predicted molar refractivity (Wildman–Crippen MR) is 49.8 cm³/mol. The van der Waals surface area contributed by atoms with Gasteiger partial charge in [0.15, 0.2) is 0 Å². The maximum absolute atomic E-state index is 10.2. The van der Waals surface area contributed by atoms with E-state index in [2.05, 4.69) is 11.1 Å². The van der Waals surface area contributed by atoms with Crippen LogP contribution in [0.2, 0.25) is 0 Å². The van der Waals surface area contributed by atoms with Crippen LogP contribution in [0, 0.1) is 0 Å². The van der Waals surface area contributed by atoms with E-state index in [1.807, 2.05) is 12.2 Å². The molecular weight excluding hydrogens is 150 g/mol. The average Bonchev–Trinajstić information content (AvgIpc) is 2.57. The molecule has 1 aliphatic rings. The van der Waals surface area contributed by atoms with Gasteiger partial charge in [-0.25, -0.2) is 0 Å². The van der Waals surface area contributed by atoms with Crippen molar-refractivity contribution in [1.82, 2.24) is 4.90 Å². The highest BCUT2D eigenvalue weighted by Crippen LogP contribution is 2.07. The number of rotatable bonds is 3. The van der Waals surface area contributed by atoms with E-state index in [9.17, 15) is 4.79 Å². The third-order valence-electron chi connectivity index (χ3n) is 1.98. The minimum Gasteiger partial charge on any atom is -0.377 e. The first-order valence-corrected chi connectivity index (χ1v) is 4.37. The average molecular weight is 165 g/mol. The number of hydrogen-bond donors (Lipinski definition) is 0. The molecule has 66 valence electrons. The highest BCUT2D eigenvalue weighted by Gasteiger charge is 2.05. The Kier molecular flexibility index (Phi) is 3.58. The molecule has 0 saturated carbocycles. The molecule has 0 N–H and O–H groups in total. The molecular formula is C10H15NO. The van der Waals surface area contributed by atoms with Crippen LogP contribution >= 0.6 is 0 Å². The Hall–Kier alpha value is -1.05. The smallest absolute Gasteiger partial charge is 0.145 e. The molecule has 0 aromatic carbocycles. The van der Waals surface area contributed by atoms with Crippen LogP contribution in [0.4, 0.5) is 0 Å². The van der Waals surface area contributed by atoms with Crippen molar-refractivity contribution in [2.75, 3.05) is 13.1 Å². The molecule has 1 saturated heterocycles.